The van der Waals surface area contributed by atoms with E-state index in [0.717, 1.165) is 16.7 Å². The third kappa shape index (κ3) is 5.10. The summed E-state index contributed by atoms with van der Waals surface area (Å²) in [6.45, 7) is 13.0. The second-order valence-corrected chi connectivity index (χ2v) is 11.0. The Morgan fingerprint density at radius 1 is 0.758 bits per heavy atom. The van der Waals surface area contributed by atoms with Gasteiger partial charge in [-0.1, -0.05) is 64.7 Å². The van der Waals surface area contributed by atoms with Crippen molar-refractivity contribution in [2.45, 2.75) is 52.4 Å². The number of fused-ring (bicyclic) bond motifs is 1. The van der Waals surface area contributed by atoms with Crippen molar-refractivity contribution < 1.29 is 0 Å². The Kier molecular flexibility index (Phi) is 6.06. The molecule has 0 amide bonds. The lowest BCUT2D eigenvalue weighted by Gasteiger charge is -2.19. The molecule has 0 fully saturated rings. The highest BCUT2D eigenvalue weighted by Gasteiger charge is 2.25. The third-order valence-corrected chi connectivity index (χ3v) is 6.20. The fraction of sp³-hybridized carbons (Fsp3) is 0.308. The second kappa shape index (κ2) is 8.54. The maximum Gasteiger partial charge on any atom is 0.164 e. The van der Waals surface area contributed by atoms with E-state index in [1.807, 2.05) is 24.3 Å². The van der Waals surface area contributed by atoms with Crippen molar-refractivity contribution in [2.24, 2.45) is 9.98 Å². The standard InChI is InChI=1S/C26H27Cl2N5/c1-25(2,3)15-7-9-29-21(11-15)31-23-17-13-19(27)20(28)14-18(17)24(33-23)32-22-12-16(8-10-30-22)26(4,5)6/h7-14H,1-6H3,(H,29,30,31,32,33). The molecule has 1 aliphatic heterocycles. The van der Waals surface area contributed by atoms with Crippen molar-refractivity contribution in [2.75, 3.05) is 5.32 Å². The lowest BCUT2D eigenvalue weighted by Crippen LogP contribution is -2.15. The summed E-state index contributed by atoms with van der Waals surface area (Å²) >= 11 is 12.7. The zero-order valence-corrected chi connectivity index (χ0v) is 21.2. The van der Waals surface area contributed by atoms with Crippen LogP contribution in [0.1, 0.15) is 63.8 Å². The number of aromatic nitrogens is 2. The molecular weight excluding hydrogens is 453 g/mol. The van der Waals surface area contributed by atoms with Crippen molar-refractivity contribution in [3.8, 4) is 0 Å². The van der Waals surface area contributed by atoms with Gasteiger partial charge in [0, 0.05) is 23.5 Å². The first-order chi connectivity index (χ1) is 15.4. The van der Waals surface area contributed by atoms with Gasteiger partial charge >= 0.3 is 0 Å². The molecule has 5 nitrogen and oxygen atoms in total. The molecule has 1 aromatic carbocycles. The highest BCUT2D eigenvalue weighted by atomic mass is 35.5. The van der Waals surface area contributed by atoms with Gasteiger partial charge in [-0.05, 0) is 58.4 Å². The quantitative estimate of drug-likeness (QED) is 0.418. The molecule has 0 unspecified atom stereocenters. The largest absolute Gasteiger partial charge is 0.324 e. The average Bonchev–Trinajstić information content (AvgIpc) is 3.03. The van der Waals surface area contributed by atoms with Gasteiger partial charge in [0.25, 0.3) is 0 Å². The third-order valence-electron chi connectivity index (χ3n) is 5.48. The van der Waals surface area contributed by atoms with Gasteiger partial charge in [-0.3, -0.25) is 0 Å². The van der Waals surface area contributed by atoms with Crippen molar-refractivity contribution in [3.63, 3.8) is 0 Å². The minimum Gasteiger partial charge on any atom is -0.324 e. The van der Waals surface area contributed by atoms with Crippen LogP contribution in [0.5, 0.6) is 0 Å². The van der Waals surface area contributed by atoms with Crippen LogP contribution in [0.4, 0.5) is 11.6 Å². The second-order valence-electron chi connectivity index (χ2n) is 10.2. The molecule has 3 heterocycles. The Morgan fingerprint density at radius 3 is 1.97 bits per heavy atom. The van der Waals surface area contributed by atoms with Gasteiger partial charge in [0.15, 0.2) is 11.7 Å². The van der Waals surface area contributed by atoms with Crippen LogP contribution < -0.4 is 5.32 Å². The maximum absolute atomic E-state index is 6.34. The van der Waals surface area contributed by atoms with E-state index >= 15 is 0 Å². The summed E-state index contributed by atoms with van der Waals surface area (Å²) in [6.07, 6.45) is 3.57. The highest BCUT2D eigenvalue weighted by Crippen LogP contribution is 2.32. The summed E-state index contributed by atoms with van der Waals surface area (Å²) in [6, 6.07) is 11.6. The van der Waals surface area contributed by atoms with Crippen LogP contribution >= 0.6 is 23.2 Å². The van der Waals surface area contributed by atoms with Crippen molar-refractivity contribution in [1.82, 2.24) is 9.97 Å². The molecule has 0 radical (unpaired) electrons. The lowest BCUT2D eigenvalue weighted by atomic mass is 9.88. The Balaban J connectivity index is 1.77. The highest BCUT2D eigenvalue weighted by molar-refractivity contribution is 6.43. The smallest absolute Gasteiger partial charge is 0.164 e. The first kappa shape index (κ1) is 23.4. The summed E-state index contributed by atoms with van der Waals surface area (Å²) in [5, 5.41) is 4.25. The fourth-order valence-electron chi connectivity index (χ4n) is 3.48. The SMILES string of the molecule is CC(C)(C)c1ccnc(N=C2N=C(Nc3cc(C(C)(C)C)ccn3)c3cc(Cl)c(Cl)cc32)c1. The molecule has 2 aromatic heterocycles. The summed E-state index contributed by atoms with van der Waals surface area (Å²) in [4.78, 5) is 18.4. The van der Waals surface area contributed by atoms with Crippen LogP contribution in [0.25, 0.3) is 0 Å². The molecular formula is C26H27Cl2N5. The molecule has 3 aromatic rings. The Bertz CT molecular complexity index is 1280. The molecule has 33 heavy (non-hydrogen) atoms. The van der Waals surface area contributed by atoms with Crippen LogP contribution in [-0.2, 0) is 10.8 Å². The van der Waals surface area contributed by atoms with Gasteiger partial charge in [0.05, 0.1) is 10.0 Å². The number of amidine groups is 2. The maximum atomic E-state index is 6.34. The molecule has 0 bridgehead atoms. The molecule has 0 spiro atoms. The number of rotatable bonds is 2. The Morgan fingerprint density at radius 2 is 1.33 bits per heavy atom. The van der Waals surface area contributed by atoms with E-state index in [4.69, 9.17) is 33.2 Å². The summed E-state index contributed by atoms with van der Waals surface area (Å²) in [5.41, 5.74) is 3.92. The number of hydrogen-bond donors (Lipinski definition) is 1. The molecule has 7 heteroatoms. The molecule has 1 aliphatic rings. The van der Waals surface area contributed by atoms with Crippen LogP contribution in [0.15, 0.2) is 58.8 Å². The van der Waals surface area contributed by atoms with Crippen LogP contribution in [0, 0.1) is 0 Å². The number of halogens is 2. The first-order valence-electron chi connectivity index (χ1n) is 10.8. The molecule has 0 atom stereocenters. The number of benzene rings is 1. The molecule has 0 saturated heterocycles. The average molecular weight is 480 g/mol. The number of aliphatic imine (C=N–C) groups is 2. The van der Waals surface area contributed by atoms with Gasteiger partial charge in [-0.15, -0.1) is 0 Å². The summed E-state index contributed by atoms with van der Waals surface area (Å²) in [7, 11) is 0. The van der Waals surface area contributed by atoms with E-state index in [9.17, 15) is 0 Å². The normalized spacial score (nSPS) is 14.9. The number of hydrogen-bond acceptors (Lipinski definition) is 4. The van der Waals surface area contributed by atoms with E-state index in [-0.39, 0.29) is 10.8 Å². The van der Waals surface area contributed by atoms with E-state index in [2.05, 4.69) is 56.8 Å². The zero-order valence-electron chi connectivity index (χ0n) is 19.7. The van der Waals surface area contributed by atoms with Gasteiger partial charge in [0.1, 0.15) is 11.7 Å². The van der Waals surface area contributed by atoms with Crippen molar-refractivity contribution >= 4 is 46.5 Å². The molecule has 0 aliphatic carbocycles. The monoisotopic (exact) mass is 479 g/mol. The van der Waals surface area contributed by atoms with E-state index in [0.29, 0.717) is 33.4 Å². The topological polar surface area (TPSA) is 62.5 Å². The predicted octanol–water partition coefficient (Wildman–Crippen LogP) is 7.33. The minimum atomic E-state index is -0.0119. The number of pyridine rings is 2. The van der Waals surface area contributed by atoms with E-state index in [1.54, 1.807) is 24.5 Å². The molecule has 1 N–H and O–H groups in total. The fourth-order valence-corrected chi connectivity index (χ4v) is 3.80. The Labute approximate surface area is 205 Å². The number of anilines is 1. The zero-order chi connectivity index (χ0) is 24.0. The lowest BCUT2D eigenvalue weighted by molar-refractivity contribution is 0.589. The van der Waals surface area contributed by atoms with Gasteiger partial charge < -0.3 is 5.32 Å². The molecule has 4 rings (SSSR count). The minimum absolute atomic E-state index is 0.00194. The molecule has 170 valence electrons. The van der Waals surface area contributed by atoms with Gasteiger partial charge in [0.2, 0.25) is 0 Å². The molecule has 0 saturated carbocycles. The van der Waals surface area contributed by atoms with Crippen LogP contribution in [0.3, 0.4) is 0 Å². The van der Waals surface area contributed by atoms with Crippen molar-refractivity contribution in [3.05, 3.63) is 81.1 Å². The summed E-state index contributed by atoms with van der Waals surface area (Å²) in [5.74, 6) is 2.43. The van der Waals surface area contributed by atoms with E-state index in [1.165, 1.54) is 5.56 Å². The summed E-state index contributed by atoms with van der Waals surface area (Å²) < 4.78 is 0. The van der Waals surface area contributed by atoms with Crippen LogP contribution in [0.2, 0.25) is 10.0 Å². The van der Waals surface area contributed by atoms with E-state index < -0.39 is 0 Å². The van der Waals surface area contributed by atoms with Gasteiger partial charge in [-0.2, -0.15) is 0 Å². The van der Waals surface area contributed by atoms with Crippen molar-refractivity contribution in [1.29, 1.82) is 0 Å². The Hall–Kier alpha value is -2.76. The number of nitrogens with zero attached hydrogens (tertiary/aromatic N) is 4. The predicted molar refractivity (Wildman–Crippen MR) is 139 cm³/mol. The number of nitrogens with one attached hydrogen (secondary N) is 1. The van der Waals surface area contributed by atoms with Crippen LogP contribution in [-0.4, -0.2) is 21.6 Å². The van der Waals surface area contributed by atoms with Gasteiger partial charge in [-0.25, -0.2) is 20.0 Å². The first-order valence-corrected chi connectivity index (χ1v) is 11.5.